The van der Waals surface area contributed by atoms with Gasteiger partial charge in [-0.15, -0.1) is 0 Å². The first-order chi connectivity index (χ1) is 6.61. The summed E-state index contributed by atoms with van der Waals surface area (Å²) in [4.78, 5) is 20.7. The van der Waals surface area contributed by atoms with Crippen molar-refractivity contribution in [1.29, 1.82) is 0 Å². The third-order valence-corrected chi connectivity index (χ3v) is 1.86. The Hall–Kier alpha value is -0.610. The Kier molecular flexibility index (Phi) is 6.52. The molecule has 0 fully saturated rings. The van der Waals surface area contributed by atoms with Crippen molar-refractivity contribution in [2.24, 2.45) is 0 Å². The van der Waals surface area contributed by atoms with E-state index in [-0.39, 0.29) is 29.6 Å². The molecule has 1 rings (SSSR count). The third kappa shape index (κ3) is 4.62. The summed E-state index contributed by atoms with van der Waals surface area (Å²) in [5.74, 6) is -2.81. The van der Waals surface area contributed by atoms with Gasteiger partial charge in [0.2, 0.25) is 5.78 Å². The van der Waals surface area contributed by atoms with Gasteiger partial charge in [0.1, 0.15) is 5.97 Å². The molecule has 5 heteroatoms. The molecule has 0 spiro atoms. The molecule has 72 valence electrons. The quantitative estimate of drug-likeness (QED) is 0.334. The fourth-order valence-electron chi connectivity index (χ4n) is 0.844. The number of carboxylic acids is 1. The van der Waals surface area contributed by atoms with Crippen LogP contribution in [0.25, 0.3) is 6.08 Å². The zero-order valence-corrected chi connectivity index (χ0v) is 10.8. The minimum Gasteiger partial charge on any atom is -0.541 e. The van der Waals surface area contributed by atoms with E-state index in [4.69, 9.17) is 11.6 Å². The van der Waals surface area contributed by atoms with Gasteiger partial charge >= 0.3 is 29.6 Å². The first-order valence-electron chi connectivity index (χ1n) is 3.79. The van der Waals surface area contributed by atoms with Crippen LogP contribution < -0.4 is 34.7 Å². The third-order valence-electron chi connectivity index (χ3n) is 1.52. The molecule has 15 heavy (non-hydrogen) atoms. The van der Waals surface area contributed by atoms with Gasteiger partial charge in [-0.3, -0.25) is 4.79 Å². The number of hydrogen-bond donors (Lipinski definition) is 0. The summed E-state index contributed by atoms with van der Waals surface area (Å²) in [6.07, 6.45) is 2.25. The van der Waals surface area contributed by atoms with Crippen LogP contribution in [0.1, 0.15) is 5.56 Å². The van der Waals surface area contributed by atoms with Gasteiger partial charge in [-0.1, -0.05) is 29.8 Å². The van der Waals surface area contributed by atoms with Crippen molar-refractivity contribution in [3.8, 4) is 0 Å². The molecule has 0 saturated carbocycles. The minimum absolute atomic E-state index is 0. The van der Waals surface area contributed by atoms with Crippen molar-refractivity contribution >= 4 is 29.4 Å². The van der Waals surface area contributed by atoms with E-state index in [1.807, 2.05) is 0 Å². The molecule has 0 aliphatic heterocycles. The van der Waals surface area contributed by atoms with E-state index in [1.54, 1.807) is 24.3 Å². The largest absolute Gasteiger partial charge is 1.00 e. The molecule has 0 amide bonds. The van der Waals surface area contributed by atoms with E-state index in [0.29, 0.717) is 10.6 Å². The molecular weight excluding hydrogens is 227 g/mol. The molecule has 0 unspecified atom stereocenters. The van der Waals surface area contributed by atoms with Crippen LogP contribution in [-0.2, 0) is 9.59 Å². The number of halogens is 1. The predicted molar refractivity (Wildman–Crippen MR) is 50.5 cm³/mol. The van der Waals surface area contributed by atoms with Crippen LogP contribution in [0.2, 0.25) is 5.02 Å². The maximum Gasteiger partial charge on any atom is 1.00 e. The number of aliphatic carboxylic acids is 1. The second-order valence-corrected chi connectivity index (χ2v) is 2.91. The van der Waals surface area contributed by atoms with Gasteiger partial charge in [-0.2, -0.15) is 0 Å². The van der Waals surface area contributed by atoms with Crippen LogP contribution in [0.4, 0.5) is 0 Å². The fraction of sp³-hybridized carbons (Fsp3) is 0. The zero-order valence-electron chi connectivity index (χ0n) is 8.07. The summed E-state index contributed by atoms with van der Waals surface area (Å²) in [5, 5.41) is 10.5. The summed E-state index contributed by atoms with van der Waals surface area (Å²) in [6, 6.07) is 6.78. The summed E-state index contributed by atoms with van der Waals surface area (Å²) in [5.41, 5.74) is 0.587. The first kappa shape index (κ1) is 14.4. The van der Waals surface area contributed by atoms with Gasteiger partial charge in [0, 0.05) is 5.02 Å². The van der Waals surface area contributed by atoms with Crippen LogP contribution in [0.3, 0.4) is 0 Å². The standard InChI is InChI=1S/C10H7ClO3.Na/c11-8-4-2-1-3-7(8)5-6-9(12)10(13)14;/h1-6H,(H,13,14);/q;+1/p-1. The Bertz CT molecular complexity index is 401. The molecule has 0 N–H and O–H groups in total. The number of carbonyl (C=O) groups excluding carboxylic acids is 2. The van der Waals surface area contributed by atoms with Gasteiger partial charge in [-0.05, 0) is 23.8 Å². The number of carboxylic acid groups (broad SMARTS) is 1. The molecular formula is C10H6ClNaO3. The van der Waals surface area contributed by atoms with E-state index in [0.717, 1.165) is 6.08 Å². The molecule has 0 aromatic heterocycles. The average Bonchev–Trinajstić information content (AvgIpc) is 2.16. The van der Waals surface area contributed by atoms with Crippen molar-refractivity contribution in [1.82, 2.24) is 0 Å². The predicted octanol–water partition coefficient (Wildman–Crippen LogP) is -2.32. The Morgan fingerprint density at radius 1 is 1.27 bits per heavy atom. The fourth-order valence-corrected chi connectivity index (χ4v) is 1.04. The maximum atomic E-state index is 10.6. The number of carbonyl (C=O) groups is 2. The smallest absolute Gasteiger partial charge is 0.541 e. The van der Waals surface area contributed by atoms with E-state index in [2.05, 4.69) is 0 Å². The molecule has 1 aromatic rings. The molecule has 0 aliphatic carbocycles. The van der Waals surface area contributed by atoms with Crippen molar-refractivity contribution in [2.45, 2.75) is 0 Å². The number of hydrogen-bond acceptors (Lipinski definition) is 3. The van der Waals surface area contributed by atoms with Crippen molar-refractivity contribution in [3.05, 3.63) is 40.9 Å². The van der Waals surface area contributed by atoms with E-state index in [1.165, 1.54) is 6.08 Å². The van der Waals surface area contributed by atoms with Gasteiger partial charge in [0.25, 0.3) is 0 Å². The van der Waals surface area contributed by atoms with Crippen molar-refractivity contribution < 1.29 is 44.3 Å². The Morgan fingerprint density at radius 2 is 1.87 bits per heavy atom. The van der Waals surface area contributed by atoms with Crippen molar-refractivity contribution in [2.75, 3.05) is 0 Å². The Morgan fingerprint density at radius 3 is 2.40 bits per heavy atom. The molecule has 3 nitrogen and oxygen atoms in total. The minimum atomic E-state index is -1.73. The summed E-state index contributed by atoms with van der Waals surface area (Å²) in [7, 11) is 0. The zero-order chi connectivity index (χ0) is 10.6. The second-order valence-electron chi connectivity index (χ2n) is 2.51. The Labute approximate surface area is 114 Å². The summed E-state index contributed by atoms with van der Waals surface area (Å²) < 4.78 is 0. The maximum absolute atomic E-state index is 10.6. The first-order valence-corrected chi connectivity index (χ1v) is 4.17. The SMILES string of the molecule is O=C([O-])C(=O)C=Cc1ccccc1Cl.[Na+]. The van der Waals surface area contributed by atoms with Crippen LogP contribution in [0, 0.1) is 0 Å². The number of benzene rings is 1. The molecule has 1 aromatic carbocycles. The molecule has 0 radical (unpaired) electrons. The van der Waals surface area contributed by atoms with Gasteiger partial charge in [0.05, 0.1) is 0 Å². The monoisotopic (exact) mass is 232 g/mol. The Balaban J connectivity index is 0.00000196. The molecule has 0 heterocycles. The molecule has 0 bridgehead atoms. The van der Waals surface area contributed by atoms with Gasteiger partial charge in [0.15, 0.2) is 0 Å². The van der Waals surface area contributed by atoms with Crippen LogP contribution in [0.5, 0.6) is 0 Å². The van der Waals surface area contributed by atoms with E-state index in [9.17, 15) is 14.7 Å². The van der Waals surface area contributed by atoms with Gasteiger partial charge < -0.3 is 9.90 Å². The molecule has 0 atom stereocenters. The van der Waals surface area contributed by atoms with Crippen LogP contribution in [-0.4, -0.2) is 11.8 Å². The van der Waals surface area contributed by atoms with E-state index < -0.39 is 11.8 Å². The molecule has 0 aliphatic rings. The summed E-state index contributed by atoms with van der Waals surface area (Å²) in [6.45, 7) is 0. The van der Waals surface area contributed by atoms with Crippen LogP contribution >= 0.6 is 11.6 Å². The number of ketones is 1. The summed E-state index contributed by atoms with van der Waals surface area (Å²) >= 11 is 5.76. The molecule has 0 saturated heterocycles. The van der Waals surface area contributed by atoms with Crippen molar-refractivity contribution in [3.63, 3.8) is 0 Å². The average molecular weight is 233 g/mol. The topological polar surface area (TPSA) is 57.2 Å². The van der Waals surface area contributed by atoms with Crippen LogP contribution in [0.15, 0.2) is 30.3 Å². The normalized spacial score (nSPS) is 9.67. The second kappa shape index (κ2) is 6.80. The van der Waals surface area contributed by atoms with Gasteiger partial charge in [-0.25, -0.2) is 0 Å². The number of rotatable bonds is 3. The van der Waals surface area contributed by atoms with E-state index >= 15 is 0 Å².